The number of aryl methyl sites for hydroxylation is 3. The highest BCUT2D eigenvalue weighted by molar-refractivity contribution is 9.10. The van der Waals surface area contributed by atoms with Crippen LogP contribution >= 0.6 is 15.9 Å². The van der Waals surface area contributed by atoms with E-state index in [1.165, 1.54) is 10.6 Å². The Bertz CT molecular complexity index is 712. The molecule has 0 fully saturated rings. The molecule has 0 aliphatic carbocycles. The molecule has 2 rings (SSSR count). The number of hydrogen-bond acceptors (Lipinski definition) is 2. The average molecular weight is 335 g/mol. The molecule has 0 spiro atoms. The number of nitrogens with zero attached hydrogens (tertiary/aromatic N) is 1. The van der Waals surface area contributed by atoms with Crippen LogP contribution in [0.15, 0.2) is 39.7 Å². The molecule has 1 aromatic carbocycles. The van der Waals surface area contributed by atoms with Crippen LogP contribution in [0, 0.1) is 13.8 Å². The van der Waals surface area contributed by atoms with Crippen LogP contribution in [0.3, 0.4) is 0 Å². The first-order valence-electron chi connectivity index (χ1n) is 6.13. The van der Waals surface area contributed by atoms with E-state index in [1.807, 2.05) is 26.0 Å². The van der Waals surface area contributed by atoms with Crippen molar-refractivity contribution in [2.45, 2.75) is 13.8 Å². The molecule has 0 saturated carbocycles. The SMILES string of the molecule is Cc1cc(C)c(NC(=O)c2ccn(C)c(=O)c2)c(Br)c1. The molecule has 0 radical (unpaired) electrons. The lowest BCUT2D eigenvalue weighted by atomic mass is 10.1. The van der Waals surface area contributed by atoms with E-state index >= 15 is 0 Å². The summed E-state index contributed by atoms with van der Waals surface area (Å²) < 4.78 is 2.25. The van der Waals surface area contributed by atoms with Crippen LogP contribution in [-0.2, 0) is 7.05 Å². The molecule has 2 aromatic rings. The smallest absolute Gasteiger partial charge is 0.255 e. The second-order valence-electron chi connectivity index (χ2n) is 4.76. The van der Waals surface area contributed by atoms with Crippen LogP contribution in [0.1, 0.15) is 21.5 Å². The predicted octanol–water partition coefficient (Wildman–Crippen LogP) is 3.02. The lowest BCUT2D eigenvalue weighted by Crippen LogP contribution is -2.20. The Morgan fingerprint density at radius 3 is 2.55 bits per heavy atom. The van der Waals surface area contributed by atoms with E-state index in [-0.39, 0.29) is 11.5 Å². The summed E-state index contributed by atoms with van der Waals surface area (Å²) in [6.45, 7) is 3.92. The molecule has 0 unspecified atom stereocenters. The highest BCUT2D eigenvalue weighted by atomic mass is 79.9. The molecule has 1 aromatic heterocycles. The van der Waals surface area contributed by atoms with Crippen molar-refractivity contribution in [3.63, 3.8) is 0 Å². The van der Waals surface area contributed by atoms with E-state index < -0.39 is 0 Å². The number of nitrogens with one attached hydrogen (secondary N) is 1. The average Bonchev–Trinajstić information content (AvgIpc) is 2.36. The Balaban J connectivity index is 2.32. The molecule has 0 atom stereocenters. The number of anilines is 1. The van der Waals surface area contributed by atoms with E-state index in [4.69, 9.17) is 0 Å². The van der Waals surface area contributed by atoms with Crippen LogP contribution in [-0.4, -0.2) is 10.5 Å². The maximum atomic E-state index is 12.2. The standard InChI is InChI=1S/C15H15BrN2O2/c1-9-6-10(2)14(12(16)7-9)17-15(20)11-4-5-18(3)13(19)8-11/h4-8H,1-3H3,(H,17,20). The normalized spacial score (nSPS) is 10.4. The number of halogens is 1. The second kappa shape index (κ2) is 5.63. The van der Waals surface area contributed by atoms with Crippen LogP contribution in [0.4, 0.5) is 5.69 Å². The van der Waals surface area contributed by atoms with Gasteiger partial charge in [-0.15, -0.1) is 0 Å². The van der Waals surface area contributed by atoms with E-state index in [0.29, 0.717) is 5.56 Å². The van der Waals surface area contributed by atoms with Crippen molar-refractivity contribution >= 4 is 27.5 Å². The molecule has 20 heavy (non-hydrogen) atoms. The van der Waals surface area contributed by atoms with Gasteiger partial charge < -0.3 is 9.88 Å². The first-order valence-corrected chi connectivity index (χ1v) is 6.92. The molecule has 1 amide bonds. The van der Waals surface area contributed by atoms with Crippen LogP contribution in [0.2, 0.25) is 0 Å². The number of carbonyl (C=O) groups excluding carboxylic acids is 1. The minimum atomic E-state index is -0.296. The summed E-state index contributed by atoms with van der Waals surface area (Å²) >= 11 is 3.44. The van der Waals surface area contributed by atoms with Crippen molar-refractivity contribution in [2.24, 2.45) is 7.05 Å². The van der Waals surface area contributed by atoms with Gasteiger partial charge in [0.15, 0.2) is 0 Å². The maximum absolute atomic E-state index is 12.2. The molecule has 0 aliphatic heterocycles. The van der Waals surface area contributed by atoms with Crippen molar-refractivity contribution in [1.82, 2.24) is 4.57 Å². The van der Waals surface area contributed by atoms with Crippen molar-refractivity contribution < 1.29 is 4.79 Å². The summed E-state index contributed by atoms with van der Waals surface area (Å²) in [6.07, 6.45) is 1.58. The van der Waals surface area contributed by atoms with Gasteiger partial charge in [-0.1, -0.05) is 6.07 Å². The van der Waals surface area contributed by atoms with Gasteiger partial charge >= 0.3 is 0 Å². The molecule has 0 bridgehead atoms. The topological polar surface area (TPSA) is 51.1 Å². The first kappa shape index (κ1) is 14.5. The summed E-state index contributed by atoms with van der Waals surface area (Å²) in [6, 6.07) is 6.87. The zero-order chi connectivity index (χ0) is 14.9. The number of rotatable bonds is 2. The van der Waals surface area contributed by atoms with Crippen molar-refractivity contribution in [3.8, 4) is 0 Å². The van der Waals surface area contributed by atoms with Gasteiger partial charge in [0, 0.05) is 29.3 Å². The third-order valence-electron chi connectivity index (χ3n) is 3.04. The zero-order valence-corrected chi connectivity index (χ0v) is 13.1. The number of amides is 1. The zero-order valence-electron chi connectivity index (χ0n) is 11.5. The highest BCUT2D eigenvalue weighted by Crippen LogP contribution is 2.28. The summed E-state index contributed by atoms with van der Waals surface area (Å²) in [4.78, 5) is 23.7. The van der Waals surface area contributed by atoms with Gasteiger partial charge in [0.1, 0.15) is 0 Å². The summed E-state index contributed by atoms with van der Waals surface area (Å²) in [5.41, 5.74) is 2.94. The fourth-order valence-electron chi connectivity index (χ4n) is 1.95. The van der Waals surface area contributed by atoms with E-state index in [9.17, 15) is 9.59 Å². The van der Waals surface area contributed by atoms with Crippen molar-refractivity contribution in [3.05, 3.63) is 62.0 Å². The number of benzene rings is 1. The van der Waals surface area contributed by atoms with Crippen molar-refractivity contribution in [1.29, 1.82) is 0 Å². The summed E-state index contributed by atoms with van der Waals surface area (Å²) in [5.74, 6) is -0.296. The molecule has 4 nitrogen and oxygen atoms in total. The lowest BCUT2D eigenvalue weighted by Gasteiger charge is -2.12. The van der Waals surface area contributed by atoms with Crippen molar-refractivity contribution in [2.75, 3.05) is 5.32 Å². The fourth-order valence-corrected chi connectivity index (χ4v) is 2.72. The van der Waals surface area contributed by atoms with Gasteiger partial charge in [-0.05, 0) is 53.0 Å². The largest absolute Gasteiger partial charge is 0.321 e. The Labute approximate surface area is 125 Å². The summed E-state index contributed by atoms with van der Waals surface area (Å²) in [5, 5.41) is 2.83. The third kappa shape index (κ3) is 2.99. The monoisotopic (exact) mass is 334 g/mol. The molecule has 5 heteroatoms. The number of pyridine rings is 1. The number of hydrogen-bond donors (Lipinski definition) is 1. The van der Waals surface area contributed by atoms with Gasteiger partial charge in [-0.2, -0.15) is 0 Å². The van der Waals surface area contributed by atoms with Crippen LogP contribution in [0.5, 0.6) is 0 Å². The number of aromatic nitrogens is 1. The minimum absolute atomic E-state index is 0.211. The molecule has 1 heterocycles. The quantitative estimate of drug-likeness (QED) is 0.917. The van der Waals surface area contributed by atoms with E-state index in [2.05, 4.69) is 21.2 Å². The fraction of sp³-hybridized carbons (Fsp3) is 0.200. The number of carbonyl (C=O) groups is 1. The van der Waals surface area contributed by atoms with Gasteiger partial charge in [0.25, 0.3) is 11.5 Å². The Kier molecular flexibility index (Phi) is 4.09. The van der Waals surface area contributed by atoms with Gasteiger partial charge in [0.2, 0.25) is 0 Å². The first-order chi connectivity index (χ1) is 9.38. The Morgan fingerprint density at radius 2 is 1.95 bits per heavy atom. The molecule has 0 saturated heterocycles. The lowest BCUT2D eigenvalue weighted by molar-refractivity contribution is 0.102. The van der Waals surface area contributed by atoms with Crippen LogP contribution in [0.25, 0.3) is 0 Å². The van der Waals surface area contributed by atoms with E-state index in [0.717, 1.165) is 21.3 Å². The van der Waals surface area contributed by atoms with E-state index in [1.54, 1.807) is 19.3 Å². The third-order valence-corrected chi connectivity index (χ3v) is 3.66. The minimum Gasteiger partial charge on any atom is -0.321 e. The molecular weight excluding hydrogens is 320 g/mol. The highest BCUT2D eigenvalue weighted by Gasteiger charge is 2.11. The van der Waals surface area contributed by atoms with Gasteiger partial charge in [-0.3, -0.25) is 9.59 Å². The molecule has 1 N–H and O–H groups in total. The Morgan fingerprint density at radius 1 is 1.25 bits per heavy atom. The van der Waals surface area contributed by atoms with Gasteiger partial charge in [0.05, 0.1) is 5.69 Å². The molecular formula is C15H15BrN2O2. The van der Waals surface area contributed by atoms with Gasteiger partial charge in [-0.25, -0.2) is 0 Å². The van der Waals surface area contributed by atoms with Crippen LogP contribution < -0.4 is 10.9 Å². The summed E-state index contributed by atoms with van der Waals surface area (Å²) in [7, 11) is 1.64. The Hall–Kier alpha value is -1.88. The second-order valence-corrected chi connectivity index (χ2v) is 5.61. The predicted molar refractivity (Wildman–Crippen MR) is 83.3 cm³/mol. The molecule has 0 aliphatic rings. The maximum Gasteiger partial charge on any atom is 0.255 e. The molecule has 104 valence electrons.